The second-order valence-electron chi connectivity index (χ2n) is 6.09. The van der Waals surface area contributed by atoms with Gasteiger partial charge in [0.1, 0.15) is 6.26 Å². The molecule has 120 valence electrons. The number of rotatable bonds is 3. The highest BCUT2D eigenvalue weighted by molar-refractivity contribution is 6.06. The molecule has 0 spiro atoms. The highest BCUT2D eigenvalue weighted by atomic mass is 16.5. The van der Waals surface area contributed by atoms with E-state index in [1.807, 2.05) is 12.3 Å². The molecule has 0 bridgehead atoms. The largest absolute Gasteiger partial charge is 0.364 e. The third kappa shape index (κ3) is 2.31. The molecule has 3 heterocycles. The molecule has 2 aromatic carbocycles. The number of benzene rings is 2. The maximum absolute atomic E-state index is 4.98. The zero-order valence-electron chi connectivity index (χ0n) is 13.5. The van der Waals surface area contributed by atoms with Gasteiger partial charge in [-0.1, -0.05) is 53.7 Å². The molecule has 0 aliphatic carbocycles. The summed E-state index contributed by atoms with van der Waals surface area (Å²) in [6.45, 7) is 0.805. The Labute approximate surface area is 144 Å². The van der Waals surface area contributed by atoms with Gasteiger partial charge in [-0.2, -0.15) is 0 Å². The first-order valence-corrected chi connectivity index (χ1v) is 8.21. The zero-order chi connectivity index (χ0) is 16.6. The van der Waals surface area contributed by atoms with Gasteiger partial charge in [-0.25, -0.2) is 0 Å². The Morgan fingerprint density at radius 3 is 2.52 bits per heavy atom. The standard InChI is InChI=1S/C21H15N3O/c1-2-6-15(7-3-1)13-24-19-9-5-4-8-18(19)21-20(24)10-16(11-22-21)17-12-23-25-14-17/h1-12,14H,13H2. The van der Waals surface area contributed by atoms with E-state index in [4.69, 9.17) is 9.51 Å². The molecule has 0 fully saturated rings. The van der Waals surface area contributed by atoms with Crippen molar-refractivity contribution in [3.05, 3.63) is 84.9 Å². The van der Waals surface area contributed by atoms with Crippen LogP contribution in [0.25, 0.3) is 33.1 Å². The van der Waals surface area contributed by atoms with E-state index in [0.717, 1.165) is 28.7 Å². The monoisotopic (exact) mass is 325 g/mol. The molecular formula is C21H15N3O. The Morgan fingerprint density at radius 1 is 0.840 bits per heavy atom. The van der Waals surface area contributed by atoms with Gasteiger partial charge in [-0.15, -0.1) is 0 Å². The summed E-state index contributed by atoms with van der Waals surface area (Å²) in [5, 5.41) is 4.97. The summed E-state index contributed by atoms with van der Waals surface area (Å²) >= 11 is 0. The van der Waals surface area contributed by atoms with Gasteiger partial charge in [0.05, 0.1) is 22.7 Å². The normalized spacial score (nSPS) is 11.4. The van der Waals surface area contributed by atoms with E-state index in [9.17, 15) is 0 Å². The molecular weight excluding hydrogens is 310 g/mol. The summed E-state index contributed by atoms with van der Waals surface area (Å²) in [5.41, 5.74) is 6.53. The molecule has 3 aromatic heterocycles. The third-order valence-electron chi connectivity index (χ3n) is 4.56. The number of aromatic nitrogens is 3. The number of fused-ring (bicyclic) bond motifs is 3. The maximum Gasteiger partial charge on any atom is 0.131 e. The molecule has 0 saturated heterocycles. The summed E-state index contributed by atoms with van der Waals surface area (Å²) in [4.78, 5) is 4.74. The number of hydrogen-bond acceptors (Lipinski definition) is 3. The molecule has 0 saturated carbocycles. The summed E-state index contributed by atoms with van der Waals surface area (Å²) in [5.74, 6) is 0. The highest BCUT2D eigenvalue weighted by Crippen LogP contribution is 2.31. The van der Waals surface area contributed by atoms with Crippen LogP contribution in [0.4, 0.5) is 0 Å². The van der Waals surface area contributed by atoms with Crippen molar-refractivity contribution in [3.63, 3.8) is 0 Å². The second kappa shape index (κ2) is 5.60. The Balaban J connectivity index is 1.78. The molecule has 0 aliphatic rings. The minimum atomic E-state index is 0.805. The van der Waals surface area contributed by atoms with Crippen molar-refractivity contribution in [1.82, 2.24) is 14.7 Å². The SMILES string of the molecule is c1ccc(Cn2c3ccccc3c3ncc(-c4cnoc4)cc32)cc1. The van der Waals surface area contributed by atoms with Crippen molar-refractivity contribution < 1.29 is 4.52 Å². The molecule has 0 radical (unpaired) electrons. The predicted octanol–water partition coefficient (Wildman–Crippen LogP) is 4.89. The van der Waals surface area contributed by atoms with Crippen molar-refractivity contribution >= 4 is 21.9 Å². The van der Waals surface area contributed by atoms with E-state index in [1.165, 1.54) is 16.5 Å². The van der Waals surface area contributed by atoms with Crippen molar-refractivity contribution in [3.8, 4) is 11.1 Å². The van der Waals surface area contributed by atoms with Gasteiger partial charge >= 0.3 is 0 Å². The molecule has 0 unspecified atom stereocenters. The molecule has 0 aliphatic heterocycles. The highest BCUT2D eigenvalue weighted by Gasteiger charge is 2.13. The van der Waals surface area contributed by atoms with Crippen LogP contribution in [-0.4, -0.2) is 14.7 Å². The third-order valence-corrected chi connectivity index (χ3v) is 4.56. The fourth-order valence-corrected chi connectivity index (χ4v) is 3.35. The van der Waals surface area contributed by atoms with Gasteiger partial charge in [0.15, 0.2) is 0 Å². The molecule has 5 rings (SSSR count). The van der Waals surface area contributed by atoms with Crippen LogP contribution in [0.1, 0.15) is 5.56 Å². The van der Waals surface area contributed by atoms with E-state index >= 15 is 0 Å². The quantitative estimate of drug-likeness (QED) is 0.474. The van der Waals surface area contributed by atoms with Gasteiger partial charge in [0.2, 0.25) is 0 Å². The topological polar surface area (TPSA) is 43.9 Å². The lowest BCUT2D eigenvalue weighted by Crippen LogP contribution is -1.99. The summed E-state index contributed by atoms with van der Waals surface area (Å²) in [6, 6.07) is 21.1. The summed E-state index contributed by atoms with van der Waals surface area (Å²) in [6.07, 6.45) is 5.24. The van der Waals surface area contributed by atoms with Crippen LogP contribution in [-0.2, 0) is 6.54 Å². The smallest absolute Gasteiger partial charge is 0.131 e. The van der Waals surface area contributed by atoms with Crippen LogP contribution in [0.3, 0.4) is 0 Å². The van der Waals surface area contributed by atoms with Gasteiger partial charge in [0, 0.05) is 29.3 Å². The Bertz CT molecular complexity index is 1160. The average Bonchev–Trinajstić information content (AvgIpc) is 3.30. The Hall–Kier alpha value is -3.40. The number of hydrogen-bond donors (Lipinski definition) is 0. The van der Waals surface area contributed by atoms with Crippen LogP contribution < -0.4 is 0 Å². The zero-order valence-corrected chi connectivity index (χ0v) is 13.5. The first-order chi connectivity index (χ1) is 12.4. The molecule has 0 atom stereocenters. The predicted molar refractivity (Wildman–Crippen MR) is 98.3 cm³/mol. The van der Waals surface area contributed by atoms with Crippen LogP contribution >= 0.6 is 0 Å². The minimum absolute atomic E-state index is 0.805. The van der Waals surface area contributed by atoms with Crippen molar-refractivity contribution in [1.29, 1.82) is 0 Å². The van der Waals surface area contributed by atoms with E-state index in [0.29, 0.717) is 0 Å². The molecule has 0 amide bonds. The first kappa shape index (κ1) is 14.0. The minimum Gasteiger partial charge on any atom is -0.364 e. The van der Waals surface area contributed by atoms with Gasteiger partial charge < -0.3 is 9.09 Å². The van der Waals surface area contributed by atoms with Gasteiger partial charge in [-0.05, 0) is 17.7 Å². The van der Waals surface area contributed by atoms with E-state index in [-0.39, 0.29) is 0 Å². The van der Waals surface area contributed by atoms with E-state index in [1.54, 1.807) is 12.5 Å². The molecule has 4 heteroatoms. The molecule has 25 heavy (non-hydrogen) atoms. The lowest BCUT2D eigenvalue weighted by atomic mass is 10.1. The van der Waals surface area contributed by atoms with Gasteiger partial charge in [-0.3, -0.25) is 4.98 Å². The fourth-order valence-electron chi connectivity index (χ4n) is 3.35. The van der Waals surface area contributed by atoms with Crippen LogP contribution in [0.15, 0.2) is 83.8 Å². The first-order valence-electron chi connectivity index (χ1n) is 8.21. The van der Waals surface area contributed by atoms with Crippen molar-refractivity contribution in [2.75, 3.05) is 0 Å². The Morgan fingerprint density at radius 2 is 1.68 bits per heavy atom. The Kier molecular flexibility index (Phi) is 3.13. The summed E-state index contributed by atoms with van der Waals surface area (Å²) < 4.78 is 7.30. The summed E-state index contributed by atoms with van der Waals surface area (Å²) in [7, 11) is 0. The molecule has 5 aromatic rings. The van der Waals surface area contributed by atoms with E-state index < -0.39 is 0 Å². The van der Waals surface area contributed by atoms with Crippen LogP contribution in [0.5, 0.6) is 0 Å². The molecule has 0 N–H and O–H groups in total. The number of pyridine rings is 1. The maximum atomic E-state index is 4.98. The van der Waals surface area contributed by atoms with Crippen molar-refractivity contribution in [2.24, 2.45) is 0 Å². The van der Waals surface area contributed by atoms with Crippen LogP contribution in [0, 0.1) is 0 Å². The molecule has 4 nitrogen and oxygen atoms in total. The van der Waals surface area contributed by atoms with E-state index in [2.05, 4.69) is 64.3 Å². The lowest BCUT2D eigenvalue weighted by molar-refractivity contribution is 0.420. The average molecular weight is 325 g/mol. The lowest BCUT2D eigenvalue weighted by Gasteiger charge is -2.08. The van der Waals surface area contributed by atoms with Gasteiger partial charge in [0.25, 0.3) is 0 Å². The number of para-hydroxylation sites is 1. The number of nitrogens with zero attached hydrogens (tertiary/aromatic N) is 3. The second-order valence-corrected chi connectivity index (χ2v) is 6.09. The fraction of sp³-hybridized carbons (Fsp3) is 0.0476. The van der Waals surface area contributed by atoms with Crippen molar-refractivity contribution in [2.45, 2.75) is 6.54 Å². The van der Waals surface area contributed by atoms with Crippen LogP contribution in [0.2, 0.25) is 0 Å².